The highest BCUT2D eigenvalue weighted by molar-refractivity contribution is 6.36. The molecule has 10 heteroatoms. The maximum absolute atomic E-state index is 9.82. The maximum atomic E-state index is 9.82. The van der Waals surface area contributed by atoms with Crippen LogP contribution in [0.25, 0.3) is 10.9 Å². The van der Waals surface area contributed by atoms with E-state index in [4.69, 9.17) is 23.2 Å². The monoisotopic (exact) mass is 516 g/mol. The van der Waals surface area contributed by atoms with E-state index in [1.165, 1.54) is 6.20 Å². The zero-order chi connectivity index (χ0) is 25.2. The lowest BCUT2D eigenvalue weighted by atomic mass is 10.0. The molecule has 2 aromatic heterocycles. The van der Waals surface area contributed by atoms with Gasteiger partial charge in [0, 0.05) is 53.6 Å². The summed E-state index contributed by atoms with van der Waals surface area (Å²) in [6.07, 6.45) is 7.02. The predicted octanol–water partition coefficient (Wildman–Crippen LogP) is 5.81. The third kappa shape index (κ3) is 4.72. The normalized spacial score (nSPS) is 13.6. The smallest absolute Gasteiger partial charge is 0.103 e. The lowest BCUT2D eigenvalue weighted by Crippen LogP contribution is -2.35. The number of nitrogens with one attached hydrogen (secondary N) is 4. The average Bonchev–Trinajstić information content (AvgIpc) is 3.31. The third-order valence-corrected chi connectivity index (χ3v) is 6.53. The number of rotatable bonds is 6. The number of pyridine rings is 2. The number of aryl methyl sites for hydroxylation is 1. The molecular weight excluding hydrogens is 495 g/mol. The van der Waals surface area contributed by atoms with Crippen LogP contribution in [0.2, 0.25) is 10.0 Å². The molecule has 1 unspecified atom stereocenters. The summed E-state index contributed by atoms with van der Waals surface area (Å²) in [7, 11) is 1.90. The Morgan fingerprint density at radius 3 is 2.61 bits per heavy atom. The van der Waals surface area contributed by atoms with E-state index in [-0.39, 0.29) is 6.04 Å². The molecule has 3 heterocycles. The average molecular weight is 517 g/mol. The van der Waals surface area contributed by atoms with Gasteiger partial charge in [0.15, 0.2) is 0 Å². The number of nitriles is 1. The number of hydrogen-bond donors (Lipinski definition) is 4. The summed E-state index contributed by atoms with van der Waals surface area (Å²) in [6, 6.07) is 15.3. The van der Waals surface area contributed by atoms with Crippen molar-refractivity contribution in [1.29, 1.82) is 5.26 Å². The molecule has 180 valence electrons. The first-order chi connectivity index (χ1) is 17.4. The molecule has 0 spiro atoms. The molecule has 1 aliphatic heterocycles. The SMILES string of the molecule is Cc1ccc(Nc2c(C#N)cnc3c(Cl)cc(NC(C4=CN(C)NN4)c4cccnc4)cc23)cc1Cl. The van der Waals surface area contributed by atoms with Gasteiger partial charge in [-0.2, -0.15) is 5.26 Å². The van der Waals surface area contributed by atoms with Crippen LogP contribution in [0.15, 0.2) is 73.0 Å². The summed E-state index contributed by atoms with van der Waals surface area (Å²) in [5, 5.41) is 20.3. The van der Waals surface area contributed by atoms with Crippen LogP contribution in [-0.4, -0.2) is 22.0 Å². The molecule has 0 saturated heterocycles. The molecule has 5 rings (SSSR count). The van der Waals surface area contributed by atoms with Gasteiger partial charge in [0.05, 0.1) is 33.5 Å². The second-order valence-corrected chi connectivity index (χ2v) is 9.21. The Labute approximate surface area is 218 Å². The molecule has 0 aliphatic carbocycles. The quantitative estimate of drug-likeness (QED) is 0.254. The number of anilines is 3. The van der Waals surface area contributed by atoms with Crippen molar-refractivity contribution in [2.75, 3.05) is 17.7 Å². The van der Waals surface area contributed by atoms with E-state index in [1.807, 2.05) is 73.8 Å². The van der Waals surface area contributed by atoms with E-state index in [0.717, 1.165) is 28.2 Å². The minimum absolute atomic E-state index is 0.246. The molecule has 36 heavy (non-hydrogen) atoms. The van der Waals surface area contributed by atoms with E-state index >= 15 is 0 Å². The highest BCUT2D eigenvalue weighted by atomic mass is 35.5. The molecule has 1 aliphatic rings. The van der Waals surface area contributed by atoms with Crippen LogP contribution in [0.4, 0.5) is 17.1 Å². The van der Waals surface area contributed by atoms with Crippen LogP contribution >= 0.6 is 23.2 Å². The molecule has 4 aromatic rings. The van der Waals surface area contributed by atoms with Gasteiger partial charge in [0.1, 0.15) is 6.07 Å². The molecule has 0 saturated carbocycles. The number of hydrazine groups is 2. The Bertz CT molecular complexity index is 1510. The van der Waals surface area contributed by atoms with Gasteiger partial charge in [-0.15, -0.1) is 5.53 Å². The number of benzene rings is 2. The fraction of sp³-hybridized carbons (Fsp3) is 0.115. The fourth-order valence-electron chi connectivity index (χ4n) is 4.00. The van der Waals surface area contributed by atoms with Gasteiger partial charge in [0.2, 0.25) is 0 Å². The van der Waals surface area contributed by atoms with Crippen LogP contribution in [0.3, 0.4) is 0 Å². The molecule has 0 bridgehead atoms. The van der Waals surface area contributed by atoms with Crippen LogP contribution in [0.5, 0.6) is 0 Å². The standard InChI is InChI=1S/C26H22Cl2N8/c1-15-5-6-18(9-21(15)27)32-24-17(11-29)13-31-26-20(24)8-19(10-22(26)28)33-25(16-4-3-7-30-12-16)23-14-36(2)35-34-23/h3-10,12-14,25,33-35H,1-2H3,(H,31,32). The van der Waals surface area contributed by atoms with Crippen molar-refractivity contribution >= 4 is 51.2 Å². The van der Waals surface area contributed by atoms with E-state index in [2.05, 4.69) is 37.6 Å². The molecular formula is C26H22Cl2N8. The summed E-state index contributed by atoms with van der Waals surface area (Å²) >= 11 is 13.0. The highest BCUT2D eigenvalue weighted by Crippen LogP contribution is 2.37. The fourth-order valence-corrected chi connectivity index (χ4v) is 4.45. The number of aromatic nitrogens is 2. The second-order valence-electron chi connectivity index (χ2n) is 8.40. The van der Waals surface area contributed by atoms with Crippen molar-refractivity contribution in [2.45, 2.75) is 13.0 Å². The van der Waals surface area contributed by atoms with E-state index in [0.29, 0.717) is 32.2 Å². The maximum Gasteiger partial charge on any atom is 0.103 e. The second kappa shape index (κ2) is 9.91. The van der Waals surface area contributed by atoms with Gasteiger partial charge in [0.25, 0.3) is 0 Å². The molecule has 0 radical (unpaired) electrons. The van der Waals surface area contributed by atoms with Crippen molar-refractivity contribution in [3.05, 3.63) is 99.7 Å². The Hall–Kier alpha value is -4.03. The van der Waals surface area contributed by atoms with Gasteiger partial charge in [-0.3, -0.25) is 15.0 Å². The van der Waals surface area contributed by atoms with Gasteiger partial charge in [-0.25, -0.2) is 0 Å². The van der Waals surface area contributed by atoms with Crippen molar-refractivity contribution in [2.24, 2.45) is 0 Å². The zero-order valence-corrected chi connectivity index (χ0v) is 21.0. The van der Waals surface area contributed by atoms with Crippen molar-refractivity contribution in [3.8, 4) is 6.07 Å². The van der Waals surface area contributed by atoms with E-state index < -0.39 is 0 Å². The predicted molar refractivity (Wildman–Crippen MR) is 144 cm³/mol. The lowest BCUT2D eigenvalue weighted by Gasteiger charge is -2.22. The van der Waals surface area contributed by atoms with E-state index in [9.17, 15) is 5.26 Å². The van der Waals surface area contributed by atoms with Gasteiger partial charge in [-0.1, -0.05) is 35.3 Å². The van der Waals surface area contributed by atoms with Crippen molar-refractivity contribution < 1.29 is 0 Å². The largest absolute Gasteiger partial charge is 0.373 e. The number of fused-ring (bicyclic) bond motifs is 1. The minimum Gasteiger partial charge on any atom is -0.373 e. The van der Waals surface area contributed by atoms with Crippen LogP contribution < -0.4 is 21.6 Å². The molecule has 0 amide bonds. The zero-order valence-electron chi connectivity index (χ0n) is 19.5. The topological polar surface area (TPSA) is 101 Å². The summed E-state index contributed by atoms with van der Waals surface area (Å²) in [5.41, 5.74) is 12.1. The number of nitrogens with zero attached hydrogens (tertiary/aromatic N) is 4. The van der Waals surface area contributed by atoms with Crippen molar-refractivity contribution in [1.82, 2.24) is 25.9 Å². The number of halogens is 2. The Morgan fingerprint density at radius 2 is 1.92 bits per heavy atom. The Kier molecular flexibility index (Phi) is 6.53. The van der Waals surface area contributed by atoms with Gasteiger partial charge >= 0.3 is 0 Å². The first-order valence-electron chi connectivity index (χ1n) is 11.1. The van der Waals surface area contributed by atoms with Crippen LogP contribution in [-0.2, 0) is 0 Å². The summed E-state index contributed by atoms with van der Waals surface area (Å²) in [6.45, 7) is 1.94. The highest BCUT2D eigenvalue weighted by Gasteiger charge is 2.22. The molecule has 4 N–H and O–H groups in total. The Balaban J connectivity index is 1.60. The van der Waals surface area contributed by atoms with Crippen LogP contribution in [0.1, 0.15) is 22.7 Å². The summed E-state index contributed by atoms with van der Waals surface area (Å²) in [4.78, 5) is 8.73. The summed E-state index contributed by atoms with van der Waals surface area (Å²) < 4.78 is 0. The third-order valence-electron chi connectivity index (χ3n) is 5.84. The molecule has 8 nitrogen and oxygen atoms in total. The lowest BCUT2D eigenvalue weighted by molar-refractivity contribution is 0.326. The minimum atomic E-state index is -0.246. The van der Waals surface area contributed by atoms with Crippen LogP contribution in [0, 0.1) is 18.3 Å². The van der Waals surface area contributed by atoms with Gasteiger partial charge < -0.3 is 16.1 Å². The first-order valence-corrected chi connectivity index (χ1v) is 11.9. The molecule has 1 atom stereocenters. The number of hydrogen-bond acceptors (Lipinski definition) is 8. The van der Waals surface area contributed by atoms with Crippen molar-refractivity contribution in [3.63, 3.8) is 0 Å². The summed E-state index contributed by atoms with van der Waals surface area (Å²) in [5.74, 6) is 0. The molecule has 2 aromatic carbocycles. The molecule has 0 fully saturated rings. The Morgan fingerprint density at radius 1 is 1.08 bits per heavy atom. The first kappa shape index (κ1) is 23.7. The van der Waals surface area contributed by atoms with Gasteiger partial charge in [-0.05, 0) is 48.4 Å². The van der Waals surface area contributed by atoms with E-state index in [1.54, 1.807) is 6.20 Å².